The van der Waals surface area contributed by atoms with Gasteiger partial charge < -0.3 is 14.8 Å². The van der Waals surface area contributed by atoms with Crippen molar-refractivity contribution in [3.05, 3.63) is 60.4 Å². The second-order valence-corrected chi connectivity index (χ2v) is 7.10. The van der Waals surface area contributed by atoms with E-state index >= 15 is 0 Å². The van der Waals surface area contributed by atoms with Gasteiger partial charge in [-0.1, -0.05) is 18.2 Å². The number of H-pyrrole nitrogens is 1. The Labute approximate surface area is 169 Å². The van der Waals surface area contributed by atoms with E-state index in [2.05, 4.69) is 20.5 Å². The molecule has 0 radical (unpaired) electrons. The van der Waals surface area contributed by atoms with Crippen molar-refractivity contribution in [2.75, 3.05) is 7.11 Å². The highest BCUT2D eigenvalue weighted by molar-refractivity contribution is 5.93. The molecule has 0 spiro atoms. The molecule has 150 valence electrons. The standard InChI is InChI=1S/C22H24N4O3/c1-28-20-7-3-2-6-17(20)18-14-19(26-25-18)22(27)24-15-9-11-16(12-10-15)29-21-8-4-5-13-23-21/h2-8,13-16H,9-12H2,1H3,(H,24,27)(H,25,26). The number of amides is 1. The van der Waals surface area contributed by atoms with Crippen molar-refractivity contribution in [2.24, 2.45) is 0 Å². The zero-order valence-electron chi connectivity index (χ0n) is 16.3. The van der Waals surface area contributed by atoms with E-state index in [1.807, 2.05) is 42.5 Å². The van der Waals surface area contributed by atoms with Gasteiger partial charge in [0.2, 0.25) is 5.88 Å². The Balaban J connectivity index is 1.32. The lowest BCUT2D eigenvalue weighted by molar-refractivity contribution is 0.0885. The minimum absolute atomic E-state index is 0.129. The summed E-state index contributed by atoms with van der Waals surface area (Å²) in [6.07, 6.45) is 5.38. The van der Waals surface area contributed by atoms with Crippen molar-refractivity contribution >= 4 is 5.91 Å². The molecule has 7 nitrogen and oxygen atoms in total. The lowest BCUT2D eigenvalue weighted by Crippen LogP contribution is -2.39. The molecule has 1 aliphatic rings. The minimum atomic E-state index is -0.146. The van der Waals surface area contributed by atoms with Crippen molar-refractivity contribution in [1.29, 1.82) is 0 Å². The van der Waals surface area contributed by atoms with Crippen molar-refractivity contribution in [1.82, 2.24) is 20.5 Å². The van der Waals surface area contributed by atoms with Gasteiger partial charge in [0.25, 0.3) is 5.91 Å². The van der Waals surface area contributed by atoms with Crippen molar-refractivity contribution in [3.8, 4) is 22.9 Å². The highest BCUT2D eigenvalue weighted by Crippen LogP contribution is 2.28. The summed E-state index contributed by atoms with van der Waals surface area (Å²) in [6, 6.07) is 15.1. The quantitative estimate of drug-likeness (QED) is 0.669. The molecular formula is C22H24N4O3. The predicted molar refractivity (Wildman–Crippen MR) is 109 cm³/mol. The summed E-state index contributed by atoms with van der Waals surface area (Å²) in [5, 5.41) is 10.2. The number of nitrogens with one attached hydrogen (secondary N) is 2. The average Bonchev–Trinajstić information content (AvgIpc) is 3.26. The Kier molecular flexibility index (Phi) is 5.74. The molecule has 1 amide bonds. The molecule has 7 heteroatoms. The van der Waals surface area contributed by atoms with E-state index in [0.717, 1.165) is 37.0 Å². The average molecular weight is 392 g/mol. The van der Waals surface area contributed by atoms with Crippen LogP contribution in [0.1, 0.15) is 36.2 Å². The molecule has 0 unspecified atom stereocenters. The van der Waals surface area contributed by atoms with Gasteiger partial charge >= 0.3 is 0 Å². The van der Waals surface area contributed by atoms with Crippen molar-refractivity contribution in [2.45, 2.75) is 37.8 Å². The van der Waals surface area contributed by atoms with Crippen LogP contribution in [0, 0.1) is 0 Å². The Hall–Kier alpha value is -3.35. The molecule has 1 saturated carbocycles. The molecule has 0 aliphatic heterocycles. The zero-order valence-corrected chi connectivity index (χ0v) is 16.3. The Morgan fingerprint density at radius 2 is 1.90 bits per heavy atom. The van der Waals surface area contributed by atoms with E-state index in [-0.39, 0.29) is 18.1 Å². The van der Waals surface area contributed by atoms with E-state index in [1.54, 1.807) is 19.4 Å². The SMILES string of the molecule is COc1ccccc1-c1cc(C(=O)NC2CCC(Oc3ccccn3)CC2)[nH]n1. The number of rotatable bonds is 6. The van der Waals surface area contributed by atoms with Gasteiger partial charge in [-0.3, -0.25) is 9.89 Å². The van der Waals surface area contributed by atoms with Gasteiger partial charge in [0.15, 0.2) is 0 Å². The molecule has 0 atom stereocenters. The van der Waals surface area contributed by atoms with E-state index in [9.17, 15) is 4.79 Å². The monoisotopic (exact) mass is 392 g/mol. The summed E-state index contributed by atoms with van der Waals surface area (Å²) in [4.78, 5) is 16.8. The molecule has 2 N–H and O–H groups in total. The number of nitrogens with zero attached hydrogens (tertiary/aromatic N) is 2. The van der Waals surface area contributed by atoms with Crippen LogP contribution < -0.4 is 14.8 Å². The first-order valence-corrected chi connectivity index (χ1v) is 9.80. The highest BCUT2D eigenvalue weighted by Gasteiger charge is 2.25. The van der Waals surface area contributed by atoms with Crippen LogP contribution in [0.25, 0.3) is 11.3 Å². The van der Waals surface area contributed by atoms with Gasteiger partial charge in [0.1, 0.15) is 17.5 Å². The second kappa shape index (κ2) is 8.77. The molecule has 4 rings (SSSR count). The molecule has 0 saturated heterocycles. The number of pyridine rings is 1. The lowest BCUT2D eigenvalue weighted by atomic mass is 9.93. The van der Waals surface area contributed by atoms with Crippen molar-refractivity contribution in [3.63, 3.8) is 0 Å². The Bertz CT molecular complexity index is 949. The second-order valence-electron chi connectivity index (χ2n) is 7.10. The third kappa shape index (κ3) is 4.56. The van der Waals surface area contributed by atoms with E-state index in [4.69, 9.17) is 9.47 Å². The Morgan fingerprint density at radius 1 is 1.10 bits per heavy atom. The number of methoxy groups -OCH3 is 1. The first kappa shape index (κ1) is 19.0. The first-order chi connectivity index (χ1) is 14.2. The lowest BCUT2D eigenvalue weighted by Gasteiger charge is -2.29. The van der Waals surface area contributed by atoms with Crippen LogP contribution in [0.2, 0.25) is 0 Å². The molecule has 3 aromatic rings. The number of carbonyl (C=O) groups excluding carboxylic acids is 1. The van der Waals surface area contributed by atoms with Gasteiger partial charge in [-0.15, -0.1) is 0 Å². The van der Waals surface area contributed by atoms with Crippen molar-refractivity contribution < 1.29 is 14.3 Å². The molecule has 2 aromatic heterocycles. The number of carbonyl (C=O) groups is 1. The van der Waals surface area contributed by atoms with Crippen LogP contribution in [0.5, 0.6) is 11.6 Å². The third-order valence-electron chi connectivity index (χ3n) is 5.14. The predicted octanol–water partition coefficient (Wildman–Crippen LogP) is 3.60. The smallest absolute Gasteiger partial charge is 0.269 e. The normalized spacial score (nSPS) is 18.8. The summed E-state index contributed by atoms with van der Waals surface area (Å²) < 4.78 is 11.3. The molecule has 0 bridgehead atoms. The van der Waals surface area contributed by atoms with E-state index in [0.29, 0.717) is 17.3 Å². The molecule has 1 fully saturated rings. The molecule has 2 heterocycles. The summed E-state index contributed by atoms with van der Waals surface area (Å²) in [5.41, 5.74) is 1.97. The first-order valence-electron chi connectivity index (χ1n) is 9.80. The summed E-state index contributed by atoms with van der Waals surface area (Å²) in [5.74, 6) is 1.23. The zero-order chi connectivity index (χ0) is 20.1. The topological polar surface area (TPSA) is 89.1 Å². The van der Waals surface area contributed by atoms with Gasteiger partial charge in [0.05, 0.1) is 12.8 Å². The van der Waals surface area contributed by atoms with Gasteiger partial charge in [-0.2, -0.15) is 5.10 Å². The maximum absolute atomic E-state index is 12.6. The number of benzene rings is 1. The van der Waals surface area contributed by atoms with Crippen LogP contribution in [0.3, 0.4) is 0 Å². The van der Waals surface area contributed by atoms with E-state index in [1.165, 1.54) is 0 Å². The van der Waals surface area contributed by atoms with E-state index < -0.39 is 0 Å². The summed E-state index contributed by atoms with van der Waals surface area (Å²) in [7, 11) is 1.62. The van der Waals surface area contributed by atoms with Crippen LogP contribution >= 0.6 is 0 Å². The molecule has 29 heavy (non-hydrogen) atoms. The number of para-hydroxylation sites is 1. The van der Waals surface area contributed by atoms with Crippen LogP contribution in [0.4, 0.5) is 0 Å². The van der Waals surface area contributed by atoms with Crippen LogP contribution in [-0.2, 0) is 0 Å². The van der Waals surface area contributed by atoms with Gasteiger partial charge in [0, 0.05) is 23.9 Å². The maximum atomic E-state index is 12.6. The van der Waals surface area contributed by atoms with Crippen LogP contribution in [-0.4, -0.2) is 40.3 Å². The third-order valence-corrected chi connectivity index (χ3v) is 5.14. The number of aromatic nitrogens is 3. The highest BCUT2D eigenvalue weighted by atomic mass is 16.5. The largest absolute Gasteiger partial charge is 0.496 e. The fraction of sp³-hybridized carbons (Fsp3) is 0.318. The Morgan fingerprint density at radius 3 is 2.66 bits per heavy atom. The fourth-order valence-corrected chi connectivity index (χ4v) is 3.61. The minimum Gasteiger partial charge on any atom is -0.496 e. The van der Waals surface area contributed by atoms with Gasteiger partial charge in [-0.25, -0.2) is 4.98 Å². The molecule has 1 aromatic carbocycles. The number of ether oxygens (including phenoxy) is 2. The number of hydrogen-bond donors (Lipinski definition) is 2. The summed E-state index contributed by atoms with van der Waals surface area (Å²) in [6.45, 7) is 0. The van der Waals surface area contributed by atoms with Crippen LogP contribution in [0.15, 0.2) is 54.7 Å². The van der Waals surface area contributed by atoms with Gasteiger partial charge in [-0.05, 0) is 49.9 Å². The molecule has 1 aliphatic carbocycles. The molecular weight excluding hydrogens is 368 g/mol. The summed E-state index contributed by atoms with van der Waals surface area (Å²) >= 11 is 0. The maximum Gasteiger partial charge on any atom is 0.269 e. The number of aromatic amines is 1. The number of hydrogen-bond acceptors (Lipinski definition) is 5. The fourth-order valence-electron chi connectivity index (χ4n) is 3.61.